The number of carbonyl (C=O) groups excluding carboxylic acids is 2. The second kappa shape index (κ2) is 9.38. The van der Waals surface area contributed by atoms with Gasteiger partial charge < -0.3 is 26.0 Å². The number of fused-ring (bicyclic) bond motifs is 2. The summed E-state index contributed by atoms with van der Waals surface area (Å²) in [5.74, 6) is 0.634. The fraction of sp³-hybridized carbons (Fsp3) is 0.458. The smallest absolute Gasteiger partial charge is 0.263 e. The zero-order valence-electron chi connectivity index (χ0n) is 20.0. The number of methoxy groups -OCH3 is 1. The van der Waals surface area contributed by atoms with Crippen LogP contribution in [-0.4, -0.2) is 65.2 Å². The van der Waals surface area contributed by atoms with Crippen molar-refractivity contribution >= 4 is 45.0 Å². The van der Waals surface area contributed by atoms with Crippen LogP contribution in [0.2, 0.25) is 0 Å². The maximum Gasteiger partial charge on any atom is 0.263 e. The summed E-state index contributed by atoms with van der Waals surface area (Å²) in [6.45, 7) is 4.71. The summed E-state index contributed by atoms with van der Waals surface area (Å²) in [6, 6.07) is 4.04. The number of hydrogen-bond acceptors (Lipinski definition) is 9. The molecule has 0 saturated carbocycles. The van der Waals surface area contributed by atoms with Crippen LogP contribution in [0.4, 0.5) is 11.5 Å². The normalized spacial score (nSPS) is 21.7. The van der Waals surface area contributed by atoms with E-state index in [-0.39, 0.29) is 30.0 Å². The predicted octanol–water partition coefficient (Wildman–Crippen LogP) is 1.60. The molecule has 3 aromatic heterocycles. The highest BCUT2D eigenvalue weighted by Crippen LogP contribution is 2.31. The first-order valence-corrected chi connectivity index (χ1v) is 12.5. The predicted molar refractivity (Wildman–Crippen MR) is 135 cm³/mol. The van der Waals surface area contributed by atoms with E-state index in [1.807, 2.05) is 13.0 Å². The van der Waals surface area contributed by atoms with Gasteiger partial charge in [0.25, 0.3) is 5.91 Å². The number of rotatable bonds is 5. The Labute approximate surface area is 207 Å². The van der Waals surface area contributed by atoms with Crippen molar-refractivity contribution in [3.05, 3.63) is 40.2 Å². The minimum absolute atomic E-state index is 0.00345. The van der Waals surface area contributed by atoms with Crippen molar-refractivity contribution in [1.82, 2.24) is 25.6 Å². The van der Waals surface area contributed by atoms with Crippen LogP contribution in [0.25, 0.3) is 10.3 Å². The first-order chi connectivity index (χ1) is 16.8. The molecule has 2 amide bonds. The van der Waals surface area contributed by atoms with Gasteiger partial charge in [0, 0.05) is 45.1 Å². The lowest BCUT2D eigenvalue weighted by Gasteiger charge is -2.26. The van der Waals surface area contributed by atoms with Crippen molar-refractivity contribution in [2.45, 2.75) is 51.3 Å². The van der Waals surface area contributed by atoms with Gasteiger partial charge in [-0.15, -0.1) is 11.3 Å². The first-order valence-electron chi connectivity index (χ1n) is 11.7. The topological polar surface area (TPSA) is 135 Å². The molecule has 184 valence electrons. The molecule has 4 heterocycles. The number of ether oxygens (including phenoxy) is 1. The Morgan fingerprint density at radius 1 is 1.23 bits per heavy atom. The number of aromatic nitrogens is 3. The van der Waals surface area contributed by atoms with E-state index in [2.05, 4.69) is 31.6 Å². The van der Waals surface area contributed by atoms with Crippen LogP contribution in [-0.2, 0) is 22.4 Å². The molecule has 4 N–H and O–H groups in total. The van der Waals surface area contributed by atoms with E-state index in [4.69, 9.17) is 15.5 Å². The average Bonchev–Trinajstić information content (AvgIpc) is 3.38. The summed E-state index contributed by atoms with van der Waals surface area (Å²) < 4.78 is 5.57. The molecule has 5 rings (SSSR count). The van der Waals surface area contributed by atoms with Gasteiger partial charge in [-0.05, 0) is 37.8 Å². The van der Waals surface area contributed by atoms with Crippen molar-refractivity contribution in [3.8, 4) is 0 Å². The number of nitrogens with zero attached hydrogens (tertiary/aromatic N) is 4. The monoisotopic (exact) mass is 495 g/mol. The molecule has 3 aromatic rings. The minimum atomic E-state index is -0.185. The van der Waals surface area contributed by atoms with Crippen LogP contribution in [0.15, 0.2) is 18.3 Å². The zero-order chi connectivity index (χ0) is 24.7. The molecule has 11 heteroatoms. The van der Waals surface area contributed by atoms with Crippen LogP contribution in [0, 0.1) is 6.92 Å². The molecular formula is C24H29N7O3S. The van der Waals surface area contributed by atoms with Gasteiger partial charge in [-0.1, -0.05) is 6.07 Å². The Morgan fingerprint density at radius 3 is 2.83 bits per heavy atom. The molecule has 3 atom stereocenters. The van der Waals surface area contributed by atoms with Crippen molar-refractivity contribution in [3.63, 3.8) is 0 Å². The van der Waals surface area contributed by atoms with Gasteiger partial charge in [-0.25, -0.2) is 15.0 Å². The Hall–Kier alpha value is -3.31. The van der Waals surface area contributed by atoms with Gasteiger partial charge in [0.05, 0.1) is 23.5 Å². The summed E-state index contributed by atoms with van der Waals surface area (Å²) in [7, 11) is 1.66. The Bertz CT molecular complexity index is 1290. The molecule has 10 nitrogen and oxygen atoms in total. The average molecular weight is 496 g/mol. The largest absolute Gasteiger partial charge is 0.396 e. The third-order valence-electron chi connectivity index (χ3n) is 6.63. The number of aryl methyl sites for hydroxylation is 2. The van der Waals surface area contributed by atoms with Crippen LogP contribution in [0.3, 0.4) is 0 Å². The molecule has 0 radical (unpaired) electrons. The summed E-state index contributed by atoms with van der Waals surface area (Å²) in [6.07, 6.45) is 3.86. The number of hydrogen-bond donors (Lipinski definition) is 3. The second-order valence-electron chi connectivity index (χ2n) is 9.18. The number of nitrogens with two attached hydrogens (primary N) is 1. The van der Waals surface area contributed by atoms with Crippen molar-refractivity contribution < 1.29 is 14.3 Å². The SMILES string of the molecule is CO[C@H]1CN(c2ccc3c(n2)CC[C@H](NC(=O)c2sc4nc(C)cnc4c2N)C3)C[C@@H]1NC(C)=O. The van der Waals surface area contributed by atoms with Gasteiger partial charge in [0.1, 0.15) is 21.0 Å². The maximum atomic E-state index is 13.0. The maximum absolute atomic E-state index is 13.0. The Balaban J connectivity index is 1.26. The molecular weight excluding hydrogens is 466 g/mol. The van der Waals surface area contributed by atoms with E-state index in [9.17, 15) is 9.59 Å². The number of thiophene rings is 1. The second-order valence-corrected chi connectivity index (χ2v) is 10.2. The van der Waals surface area contributed by atoms with Crippen molar-refractivity contribution in [2.75, 3.05) is 30.8 Å². The van der Waals surface area contributed by atoms with E-state index < -0.39 is 0 Å². The quantitative estimate of drug-likeness (QED) is 0.486. The Morgan fingerprint density at radius 2 is 2.06 bits per heavy atom. The third-order valence-corrected chi connectivity index (χ3v) is 7.72. The summed E-state index contributed by atoms with van der Waals surface area (Å²) in [4.78, 5) is 41.5. The van der Waals surface area contributed by atoms with Crippen molar-refractivity contribution in [1.29, 1.82) is 0 Å². The highest BCUT2D eigenvalue weighted by molar-refractivity contribution is 7.21. The lowest BCUT2D eigenvalue weighted by molar-refractivity contribution is -0.120. The lowest BCUT2D eigenvalue weighted by Crippen LogP contribution is -2.42. The summed E-state index contributed by atoms with van der Waals surface area (Å²) >= 11 is 1.28. The first kappa shape index (κ1) is 23.4. The number of nitrogens with one attached hydrogen (secondary N) is 2. The molecule has 35 heavy (non-hydrogen) atoms. The standard InChI is InChI=1S/C24H29N7O3S/c1-12-9-26-21-20(25)22(35-24(21)27-12)23(33)29-15-5-6-16-14(8-15)4-7-19(30-16)31-10-17(28-13(2)32)18(11-31)34-3/h4,7,9,15,17-18H,5-6,8,10-11,25H2,1-3H3,(H,28,32)(H,29,33)/t15-,17-,18-/m0/s1. The van der Waals surface area contributed by atoms with Crippen LogP contribution < -0.4 is 21.3 Å². The summed E-state index contributed by atoms with van der Waals surface area (Å²) in [5.41, 5.74) is 10.1. The zero-order valence-corrected chi connectivity index (χ0v) is 20.8. The number of pyridine rings is 1. The van der Waals surface area contributed by atoms with E-state index in [0.717, 1.165) is 35.6 Å². The number of anilines is 2. The highest BCUT2D eigenvalue weighted by Gasteiger charge is 2.34. The Kier molecular flexibility index (Phi) is 6.28. The molecule has 1 saturated heterocycles. The molecule has 0 unspecified atom stereocenters. The fourth-order valence-electron chi connectivity index (χ4n) is 4.89. The van der Waals surface area contributed by atoms with Gasteiger partial charge >= 0.3 is 0 Å². The van der Waals surface area contributed by atoms with Gasteiger partial charge in [-0.3, -0.25) is 9.59 Å². The lowest BCUT2D eigenvalue weighted by atomic mass is 9.91. The highest BCUT2D eigenvalue weighted by atomic mass is 32.1. The van der Waals surface area contributed by atoms with Crippen LogP contribution in [0.5, 0.6) is 0 Å². The minimum Gasteiger partial charge on any atom is -0.396 e. The number of carbonyl (C=O) groups is 2. The van der Waals surface area contributed by atoms with Crippen LogP contribution in [0.1, 0.15) is 40.0 Å². The van der Waals surface area contributed by atoms with Gasteiger partial charge in [0.2, 0.25) is 5.91 Å². The molecule has 0 spiro atoms. The van der Waals surface area contributed by atoms with Gasteiger partial charge in [0.15, 0.2) is 0 Å². The molecule has 1 aliphatic heterocycles. The molecule has 1 aliphatic carbocycles. The van der Waals surface area contributed by atoms with E-state index >= 15 is 0 Å². The molecule has 2 aliphatic rings. The van der Waals surface area contributed by atoms with Gasteiger partial charge in [-0.2, -0.15) is 0 Å². The van der Waals surface area contributed by atoms with E-state index in [0.29, 0.717) is 40.4 Å². The van der Waals surface area contributed by atoms with E-state index in [1.54, 1.807) is 13.3 Å². The van der Waals surface area contributed by atoms with Crippen molar-refractivity contribution in [2.24, 2.45) is 0 Å². The van der Waals surface area contributed by atoms with E-state index in [1.165, 1.54) is 18.3 Å². The number of nitrogen functional groups attached to an aromatic ring is 1. The fourth-order valence-corrected chi connectivity index (χ4v) is 5.89. The summed E-state index contributed by atoms with van der Waals surface area (Å²) in [5, 5.41) is 6.11. The van der Waals surface area contributed by atoms with Crippen LogP contribution >= 0.6 is 11.3 Å². The molecule has 0 aromatic carbocycles. The molecule has 0 bridgehead atoms. The third kappa shape index (κ3) is 4.65. The number of amides is 2. The molecule has 1 fully saturated rings.